The molecule has 0 aliphatic carbocycles. The van der Waals surface area contributed by atoms with E-state index in [0.717, 1.165) is 6.07 Å². The molecule has 2 rings (SSSR count). The maximum Gasteiger partial charge on any atom is 0.272 e. The minimum absolute atomic E-state index is 0.189. The number of rotatable bonds is 3. The zero-order valence-electron chi connectivity index (χ0n) is 10.4. The van der Waals surface area contributed by atoms with Crippen LogP contribution in [-0.2, 0) is 0 Å². The number of aromatic nitrogens is 1. The molecule has 0 amide bonds. The molecule has 0 atom stereocenters. The number of carbonyl (C=O) groups excluding carboxylic acids is 1. The second-order valence-corrected chi connectivity index (χ2v) is 4.17. The molecule has 0 unspecified atom stereocenters. The number of hydrogen-bond donors (Lipinski definition) is 0. The number of benzene rings is 1. The lowest BCUT2D eigenvalue weighted by atomic mass is 10.2. The zero-order valence-corrected chi connectivity index (χ0v) is 10.4. The molecule has 0 spiro atoms. The van der Waals surface area contributed by atoms with Gasteiger partial charge in [-0.15, -0.1) is 0 Å². The molecule has 0 bridgehead atoms. The van der Waals surface area contributed by atoms with Gasteiger partial charge in [0.15, 0.2) is 12.1 Å². The van der Waals surface area contributed by atoms with Crippen molar-refractivity contribution >= 4 is 12.0 Å². The van der Waals surface area contributed by atoms with E-state index in [1.54, 1.807) is 24.5 Å². The molecule has 1 aromatic heterocycles. The molecule has 0 aliphatic rings. The summed E-state index contributed by atoms with van der Waals surface area (Å²) in [5.41, 5.74) is 1.64. The van der Waals surface area contributed by atoms with Crippen LogP contribution in [0.5, 0.6) is 0 Å². The summed E-state index contributed by atoms with van der Waals surface area (Å²) in [5.74, 6) is -0.701. The molecule has 5 nitrogen and oxygen atoms in total. The normalized spacial score (nSPS) is 10.5. The van der Waals surface area contributed by atoms with Crippen LogP contribution in [0.15, 0.2) is 24.3 Å². The van der Waals surface area contributed by atoms with E-state index in [2.05, 4.69) is 0 Å². The Kier molecular flexibility index (Phi) is 3.16. The number of nitrogens with zero attached hydrogens (tertiary/aromatic N) is 2. The van der Waals surface area contributed by atoms with E-state index in [1.165, 1.54) is 12.1 Å². The molecule has 0 saturated carbocycles. The number of nitro groups is 1. The van der Waals surface area contributed by atoms with Crippen molar-refractivity contribution in [3.63, 3.8) is 0 Å². The van der Waals surface area contributed by atoms with Gasteiger partial charge in [0.25, 0.3) is 5.69 Å². The molecule has 1 heterocycles. The summed E-state index contributed by atoms with van der Waals surface area (Å²) in [6, 6.07) is 5.08. The van der Waals surface area contributed by atoms with E-state index >= 15 is 0 Å². The first-order valence-electron chi connectivity index (χ1n) is 5.54. The highest BCUT2D eigenvalue weighted by Crippen LogP contribution is 2.24. The molecule has 2 aromatic rings. The third-order valence-corrected chi connectivity index (χ3v) is 2.98. The lowest BCUT2D eigenvalue weighted by molar-refractivity contribution is -0.385. The number of aldehydes is 1. The van der Waals surface area contributed by atoms with Crippen molar-refractivity contribution in [2.75, 3.05) is 0 Å². The van der Waals surface area contributed by atoms with Crippen LogP contribution in [0.4, 0.5) is 10.1 Å². The lowest BCUT2D eigenvalue weighted by Gasteiger charge is -2.10. The van der Waals surface area contributed by atoms with Gasteiger partial charge in [0.1, 0.15) is 0 Å². The van der Waals surface area contributed by atoms with Crippen LogP contribution in [-0.4, -0.2) is 15.8 Å². The fraction of sp³-hybridized carbons (Fsp3) is 0.154. The van der Waals surface area contributed by atoms with Gasteiger partial charge < -0.3 is 4.57 Å². The van der Waals surface area contributed by atoms with Crippen LogP contribution < -0.4 is 0 Å². The van der Waals surface area contributed by atoms with Gasteiger partial charge in [-0.2, -0.15) is 0 Å². The van der Waals surface area contributed by atoms with E-state index in [-0.39, 0.29) is 11.4 Å². The van der Waals surface area contributed by atoms with Gasteiger partial charge in [0.2, 0.25) is 0 Å². The average Bonchev–Trinajstić information content (AvgIpc) is 2.64. The fourth-order valence-electron chi connectivity index (χ4n) is 2.07. The van der Waals surface area contributed by atoms with E-state index < -0.39 is 10.7 Å². The van der Waals surface area contributed by atoms with Crippen molar-refractivity contribution in [1.29, 1.82) is 0 Å². The SMILES string of the molecule is Cc1cc(C=O)c(C)n1-c1ccc([N+](=O)[O-])cc1F. The van der Waals surface area contributed by atoms with Crippen LogP contribution >= 0.6 is 0 Å². The van der Waals surface area contributed by atoms with Crippen molar-refractivity contribution in [3.05, 3.63) is 57.1 Å². The first-order chi connectivity index (χ1) is 8.95. The zero-order chi connectivity index (χ0) is 14.2. The van der Waals surface area contributed by atoms with Gasteiger partial charge >= 0.3 is 0 Å². The van der Waals surface area contributed by atoms with Crippen molar-refractivity contribution in [2.24, 2.45) is 0 Å². The van der Waals surface area contributed by atoms with Gasteiger partial charge in [-0.1, -0.05) is 0 Å². The Morgan fingerprint density at radius 2 is 2.00 bits per heavy atom. The quantitative estimate of drug-likeness (QED) is 0.485. The van der Waals surface area contributed by atoms with Crippen LogP contribution in [0, 0.1) is 29.8 Å². The molecule has 0 aliphatic heterocycles. The average molecular weight is 262 g/mol. The van der Waals surface area contributed by atoms with Gasteiger partial charge in [0.05, 0.1) is 16.7 Å². The van der Waals surface area contributed by atoms with Crippen LogP contribution in [0.25, 0.3) is 5.69 Å². The summed E-state index contributed by atoms with van der Waals surface area (Å²) in [5, 5.41) is 10.6. The molecular weight excluding hydrogens is 251 g/mol. The van der Waals surface area contributed by atoms with Gasteiger partial charge in [0, 0.05) is 23.0 Å². The number of hydrogen-bond acceptors (Lipinski definition) is 3. The molecule has 1 aromatic carbocycles. The molecule has 19 heavy (non-hydrogen) atoms. The summed E-state index contributed by atoms with van der Waals surface area (Å²) < 4.78 is 15.5. The van der Waals surface area contributed by atoms with Crippen molar-refractivity contribution < 1.29 is 14.1 Å². The number of carbonyl (C=O) groups is 1. The molecule has 0 fully saturated rings. The van der Waals surface area contributed by atoms with E-state index in [4.69, 9.17) is 0 Å². The summed E-state index contributed by atoms with van der Waals surface area (Å²) in [6.07, 6.45) is 0.697. The van der Waals surface area contributed by atoms with Crippen molar-refractivity contribution in [1.82, 2.24) is 4.57 Å². The van der Waals surface area contributed by atoms with E-state index in [1.807, 2.05) is 0 Å². The van der Waals surface area contributed by atoms with Gasteiger partial charge in [-0.05, 0) is 26.0 Å². The Balaban J connectivity index is 2.63. The summed E-state index contributed by atoms with van der Waals surface area (Å²) in [7, 11) is 0. The predicted octanol–water partition coefficient (Wildman–Crippen LogP) is 2.95. The highest BCUT2D eigenvalue weighted by Gasteiger charge is 2.16. The van der Waals surface area contributed by atoms with Crippen LogP contribution in [0.1, 0.15) is 21.7 Å². The molecule has 0 N–H and O–H groups in total. The van der Waals surface area contributed by atoms with Crippen LogP contribution in [0.3, 0.4) is 0 Å². The van der Waals surface area contributed by atoms with Crippen molar-refractivity contribution in [2.45, 2.75) is 13.8 Å². The first-order valence-corrected chi connectivity index (χ1v) is 5.54. The third-order valence-electron chi connectivity index (χ3n) is 2.98. The Labute approximate surface area is 108 Å². The Hall–Kier alpha value is -2.50. The minimum atomic E-state index is -0.701. The Morgan fingerprint density at radius 1 is 1.32 bits per heavy atom. The highest BCUT2D eigenvalue weighted by molar-refractivity contribution is 5.77. The second kappa shape index (κ2) is 4.64. The monoisotopic (exact) mass is 262 g/mol. The number of aryl methyl sites for hydroxylation is 1. The maximum absolute atomic E-state index is 14.0. The fourth-order valence-corrected chi connectivity index (χ4v) is 2.07. The van der Waals surface area contributed by atoms with Gasteiger partial charge in [-0.3, -0.25) is 14.9 Å². The summed E-state index contributed by atoms with van der Waals surface area (Å²) >= 11 is 0. The Bertz CT molecular complexity index is 677. The number of non-ortho nitro benzene ring substituents is 1. The molecular formula is C13H11FN2O3. The number of halogens is 1. The maximum atomic E-state index is 14.0. The topological polar surface area (TPSA) is 65.1 Å². The molecule has 0 radical (unpaired) electrons. The van der Waals surface area contributed by atoms with E-state index in [9.17, 15) is 19.3 Å². The predicted molar refractivity (Wildman–Crippen MR) is 67.2 cm³/mol. The summed E-state index contributed by atoms with van der Waals surface area (Å²) in [6.45, 7) is 3.43. The first kappa shape index (κ1) is 12.9. The standard InChI is InChI=1S/C13H11FN2O3/c1-8-5-10(7-17)9(2)15(8)13-4-3-11(16(18)19)6-12(13)14/h3-7H,1-2H3. The smallest absolute Gasteiger partial charge is 0.272 e. The largest absolute Gasteiger partial charge is 0.315 e. The second-order valence-electron chi connectivity index (χ2n) is 4.17. The van der Waals surface area contributed by atoms with Crippen molar-refractivity contribution in [3.8, 4) is 5.69 Å². The highest BCUT2D eigenvalue weighted by atomic mass is 19.1. The molecule has 6 heteroatoms. The summed E-state index contributed by atoms with van der Waals surface area (Å²) in [4.78, 5) is 20.8. The number of nitro benzene ring substituents is 1. The van der Waals surface area contributed by atoms with Crippen LogP contribution in [0.2, 0.25) is 0 Å². The van der Waals surface area contributed by atoms with Gasteiger partial charge in [-0.25, -0.2) is 4.39 Å². The van der Waals surface area contributed by atoms with E-state index in [0.29, 0.717) is 23.2 Å². The third kappa shape index (κ3) is 2.12. The Morgan fingerprint density at radius 3 is 2.47 bits per heavy atom. The molecule has 0 saturated heterocycles. The minimum Gasteiger partial charge on any atom is -0.315 e. The molecule has 98 valence electrons. The lowest BCUT2D eigenvalue weighted by Crippen LogP contribution is -2.03.